The van der Waals surface area contributed by atoms with Crippen LogP contribution in [-0.2, 0) is 0 Å². The molecule has 2 aliphatic rings. The summed E-state index contributed by atoms with van der Waals surface area (Å²) in [4.78, 5) is 0. The lowest BCUT2D eigenvalue weighted by Gasteiger charge is -2.49. The van der Waals surface area contributed by atoms with Gasteiger partial charge < -0.3 is 5.11 Å². The zero-order chi connectivity index (χ0) is 11.9. The highest BCUT2D eigenvalue weighted by Crippen LogP contribution is 2.50. The van der Waals surface area contributed by atoms with Crippen LogP contribution in [0.1, 0.15) is 52.9 Å². The first-order chi connectivity index (χ1) is 7.41. The molecule has 1 heteroatoms. The molecule has 2 fully saturated rings. The first kappa shape index (κ1) is 12.2. The van der Waals surface area contributed by atoms with Gasteiger partial charge in [-0.2, -0.15) is 0 Å². The molecule has 0 aromatic carbocycles. The highest BCUT2D eigenvalue weighted by atomic mass is 16.3. The fourth-order valence-electron chi connectivity index (χ4n) is 4.08. The summed E-state index contributed by atoms with van der Waals surface area (Å²) in [5.74, 6) is 3.02. The molecule has 0 aliphatic heterocycles. The number of fused-ring (bicyclic) bond motifs is 1. The van der Waals surface area contributed by atoms with E-state index in [2.05, 4.69) is 20.4 Å². The molecule has 0 heterocycles. The summed E-state index contributed by atoms with van der Waals surface area (Å²) in [5, 5.41) is 10.3. The maximum Gasteiger partial charge on any atom is 0.0622 e. The molecule has 2 rings (SSSR count). The first-order valence-electron chi connectivity index (χ1n) is 6.78. The Morgan fingerprint density at radius 2 is 1.94 bits per heavy atom. The van der Waals surface area contributed by atoms with Crippen molar-refractivity contribution in [2.24, 2.45) is 23.7 Å². The van der Waals surface area contributed by atoms with Crippen molar-refractivity contribution in [3.8, 4) is 0 Å². The zero-order valence-corrected chi connectivity index (χ0v) is 11.0. The van der Waals surface area contributed by atoms with E-state index in [1.165, 1.54) is 24.8 Å². The Kier molecular flexibility index (Phi) is 3.18. The number of hydrogen-bond donors (Lipinski definition) is 1. The monoisotopic (exact) mass is 222 g/mol. The Morgan fingerprint density at radius 1 is 1.25 bits per heavy atom. The minimum Gasteiger partial charge on any atom is -0.390 e. The van der Waals surface area contributed by atoms with E-state index in [1.54, 1.807) is 0 Å². The fraction of sp³-hybridized carbons (Fsp3) is 0.867. The third-order valence-corrected chi connectivity index (χ3v) is 5.06. The lowest BCUT2D eigenvalue weighted by atomic mass is 9.57. The maximum atomic E-state index is 10.3. The molecular weight excluding hydrogens is 196 g/mol. The summed E-state index contributed by atoms with van der Waals surface area (Å²) in [6.07, 6.45) is 5.82. The second-order valence-corrected chi connectivity index (χ2v) is 6.57. The van der Waals surface area contributed by atoms with Crippen molar-refractivity contribution in [2.75, 3.05) is 0 Å². The molecule has 0 bridgehead atoms. The average molecular weight is 222 g/mol. The van der Waals surface area contributed by atoms with Gasteiger partial charge in [0.15, 0.2) is 0 Å². The first-order valence-corrected chi connectivity index (χ1v) is 6.78. The van der Waals surface area contributed by atoms with Crippen LogP contribution in [0.3, 0.4) is 0 Å². The molecule has 0 unspecified atom stereocenters. The van der Waals surface area contributed by atoms with E-state index < -0.39 is 5.60 Å². The Morgan fingerprint density at radius 3 is 2.56 bits per heavy atom. The second-order valence-electron chi connectivity index (χ2n) is 6.57. The van der Waals surface area contributed by atoms with Crippen LogP contribution < -0.4 is 0 Å². The summed E-state index contributed by atoms with van der Waals surface area (Å²) in [7, 11) is 0. The molecule has 0 spiro atoms. The van der Waals surface area contributed by atoms with Gasteiger partial charge in [-0.15, -0.1) is 0 Å². The molecule has 16 heavy (non-hydrogen) atoms. The van der Waals surface area contributed by atoms with Gasteiger partial charge in [-0.05, 0) is 69.6 Å². The molecule has 5 atom stereocenters. The predicted molar refractivity (Wildman–Crippen MR) is 68.2 cm³/mol. The normalized spacial score (nSPS) is 48.5. The molecule has 2 saturated carbocycles. The van der Waals surface area contributed by atoms with E-state index in [1.807, 2.05) is 6.92 Å². The average Bonchev–Trinajstić information content (AvgIpc) is 2.15. The highest BCUT2D eigenvalue weighted by molar-refractivity contribution is 5.06. The summed E-state index contributed by atoms with van der Waals surface area (Å²) in [5.41, 5.74) is 0.908. The number of rotatable bonds is 1. The lowest BCUT2D eigenvalue weighted by molar-refractivity contribution is -0.0571. The molecule has 92 valence electrons. The SMILES string of the molecule is C=C(C)[C@@H]1CC[C@@H](C)[C@@H]2CC[C@@](C)(O)C[C@@H]21. The molecule has 0 aromatic rings. The molecule has 1 nitrogen and oxygen atoms in total. The van der Waals surface area contributed by atoms with Crippen LogP contribution in [0, 0.1) is 23.7 Å². The van der Waals surface area contributed by atoms with E-state index in [0.29, 0.717) is 11.8 Å². The van der Waals surface area contributed by atoms with Crippen molar-refractivity contribution < 1.29 is 5.11 Å². The molecule has 2 aliphatic carbocycles. The van der Waals surface area contributed by atoms with Crippen molar-refractivity contribution in [3.05, 3.63) is 12.2 Å². The van der Waals surface area contributed by atoms with E-state index in [4.69, 9.17) is 0 Å². The van der Waals surface area contributed by atoms with Gasteiger partial charge in [-0.3, -0.25) is 0 Å². The summed E-state index contributed by atoms with van der Waals surface area (Å²) < 4.78 is 0. The molecule has 0 aromatic heterocycles. The van der Waals surface area contributed by atoms with Gasteiger partial charge >= 0.3 is 0 Å². The lowest BCUT2D eigenvalue weighted by Crippen LogP contribution is -2.44. The van der Waals surface area contributed by atoms with Crippen LogP contribution >= 0.6 is 0 Å². The van der Waals surface area contributed by atoms with Crippen LogP contribution in [0.4, 0.5) is 0 Å². The molecule has 1 N–H and O–H groups in total. The molecule has 0 saturated heterocycles. The Labute approximate surface area is 99.9 Å². The Hall–Kier alpha value is -0.300. The largest absolute Gasteiger partial charge is 0.390 e. The molecular formula is C15H26O. The van der Waals surface area contributed by atoms with Gasteiger partial charge in [0.2, 0.25) is 0 Å². The highest BCUT2D eigenvalue weighted by Gasteiger charge is 2.44. The molecule has 0 amide bonds. The van der Waals surface area contributed by atoms with Gasteiger partial charge in [0, 0.05) is 0 Å². The standard InChI is InChI=1S/C15H26O/c1-10(2)12-6-5-11(3)13-7-8-15(4,16)9-14(12)13/h11-14,16H,1,5-9H2,2-4H3/t11-,12+,13+,14-,15-/m1/s1. The summed E-state index contributed by atoms with van der Waals surface area (Å²) >= 11 is 0. The summed E-state index contributed by atoms with van der Waals surface area (Å²) in [6.45, 7) is 10.7. The smallest absolute Gasteiger partial charge is 0.0622 e. The van der Waals surface area contributed by atoms with Gasteiger partial charge in [-0.1, -0.05) is 19.1 Å². The van der Waals surface area contributed by atoms with E-state index in [0.717, 1.165) is 24.7 Å². The van der Waals surface area contributed by atoms with Crippen molar-refractivity contribution in [3.63, 3.8) is 0 Å². The van der Waals surface area contributed by atoms with Crippen LogP contribution in [0.25, 0.3) is 0 Å². The number of allylic oxidation sites excluding steroid dienone is 1. The fourth-order valence-corrected chi connectivity index (χ4v) is 4.08. The predicted octanol–water partition coefficient (Wildman–Crippen LogP) is 3.78. The van der Waals surface area contributed by atoms with Gasteiger partial charge in [0.05, 0.1) is 5.60 Å². The van der Waals surface area contributed by atoms with Gasteiger partial charge in [-0.25, -0.2) is 0 Å². The molecule has 0 radical (unpaired) electrons. The number of hydrogen-bond acceptors (Lipinski definition) is 1. The van der Waals surface area contributed by atoms with Crippen LogP contribution in [0.15, 0.2) is 12.2 Å². The topological polar surface area (TPSA) is 20.2 Å². The van der Waals surface area contributed by atoms with E-state index in [-0.39, 0.29) is 0 Å². The quantitative estimate of drug-likeness (QED) is 0.669. The van der Waals surface area contributed by atoms with Crippen molar-refractivity contribution in [1.82, 2.24) is 0 Å². The van der Waals surface area contributed by atoms with Crippen LogP contribution in [-0.4, -0.2) is 10.7 Å². The van der Waals surface area contributed by atoms with Crippen molar-refractivity contribution >= 4 is 0 Å². The summed E-state index contributed by atoms with van der Waals surface area (Å²) in [6, 6.07) is 0. The van der Waals surface area contributed by atoms with Gasteiger partial charge in [0.25, 0.3) is 0 Å². The van der Waals surface area contributed by atoms with Crippen LogP contribution in [0.2, 0.25) is 0 Å². The second kappa shape index (κ2) is 4.18. The van der Waals surface area contributed by atoms with Crippen LogP contribution in [0.5, 0.6) is 0 Å². The van der Waals surface area contributed by atoms with E-state index in [9.17, 15) is 5.11 Å². The maximum absolute atomic E-state index is 10.3. The minimum absolute atomic E-state index is 0.425. The van der Waals surface area contributed by atoms with E-state index >= 15 is 0 Å². The third-order valence-electron chi connectivity index (χ3n) is 5.06. The third kappa shape index (κ3) is 2.20. The minimum atomic E-state index is -0.425. The Bertz CT molecular complexity index is 279. The van der Waals surface area contributed by atoms with Crippen molar-refractivity contribution in [2.45, 2.75) is 58.5 Å². The Balaban J connectivity index is 2.18. The van der Waals surface area contributed by atoms with Gasteiger partial charge in [0.1, 0.15) is 0 Å². The van der Waals surface area contributed by atoms with Crippen molar-refractivity contribution in [1.29, 1.82) is 0 Å². The zero-order valence-electron chi connectivity index (χ0n) is 11.0. The number of aliphatic hydroxyl groups is 1.